The van der Waals surface area contributed by atoms with Gasteiger partial charge in [-0.1, -0.05) is 12.1 Å². The van der Waals surface area contributed by atoms with Crippen molar-refractivity contribution in [2.24, 2.45) is 0 Å². The van der Waals surface area contributed by atoms with Gasteiger partial charge >= 0.3 is 0 Å². The molecule has 0 N–H and O–H groups in total. The molecule has 1 aromatic carbocycles. The molecule has 0 spiro atoms. The van der Waals surface area contributed by atoms with E-state index in [-0.39, 0.29) is 17.7 Å². The van der Waals surface area contributed by atoms with E-state index in [0.717, 1.165) is 19.4 Å². The van der Waals surface area contributed by atoms with Crippen molar-refractivity contribution in [1.29, 1.82) is 0 Å². The first-order chi connectivity index (χ1) is 13.7. The summed E-state index contributed by atoms with van der Waals surface area (Å²) in [6.07, 6.45) is 8.28. The lowest BCUT2D eigenvalue weighted by Gasteiger charge is -2.22. The molecule has 6 heteroatoms. The quantitative estimate of drug-likeness (QED) is 0.540. The van der Waals surface area contributed by atoms with Crippen LogP contribution in [0.5, 0.6) is 11.5 Å². The molecule has 3 heterocycles. The van der Waals surface area contributed by atoms with Gasteiger partial charge in [-0.05, 0) is 60.2 Å². The highest BCUT2D eigenvalue weighted by atomic mass is 32.1. The van der Waals surface area contributed by atoms with Crippen molar-refractivity contribution < 1.29 is 13.9 Å². The molecule has 1 aliphatic heterocycles. The molecule has 1 unspecified atom stereocenters. The van der Waals surface area contributed by atoms with Crippen molar-refractivity contribution in [2.75, 3.05) is 6.54 Å². The summed E-state index contributed by atoms with van der Waals surface area (Å²) in [5, 5.41) is 2.03. The van der Waals surface area contributed by atoms with Crippen LogP contribution >= 0.6 is 11.3 Å². The normalized spacial score (nSPS) is 16.6. The van der Waals surface area contributed by atoms with Crippen molar-refractivity contribution >= 4 is 23.3 Å². The van der Waals surface area contributed by atoms with Crippen LogP contribution in [0.2, 0.25) is 0 Å². The lowest BCUT2D eigenvalue weighted by molar-refractivity contribution is -0.126. The van der Waals surface area contributed by atoms with Gasteiger partial charge in [0.2, 0.25) is 5.91 Å². The monoisotopic (exact) mass is 394 g/mol. The highest BCUT2D eigenvalue weighted by Crippen LogP contribution is 2.34. The van der Waals surface area contributed by atoms with Crippen molar-refractivity contribution in [2.45, 2.75) is 18.9 Å². The number of amides is 1. The molecular weight excluding hydrogens is 375 g/mol. The molecule has 1 fully saturated rings. The van der Waals surface area contributed by atoms with E-state index in [1.165, 1.54) is 23.2 Å². The Morgan fingerprint density at radius 3 is 2.96 bits per heavy atom. The number of carbonyl (C=O) groups excluding carboxylic acids is 1. The van der Waals surface area contributed by atoms with Gasteiger partial charge in [0, 0.05) is 23.7 Å². The molecule has 1 aliphatic rings. The molecule has 4 rings (SSSR count). The third kappa shape index (κ3) is 4.12. The van der Waals surface area contributed by atoms with Crippen LogP contribution in [0.1, 0.15) is 29.3 Å². The zero-order chi connectivity index (χ0) is 19.3. The summed E-state index contributed by atoms with van der Waals surface area (Å²) < 4.78 is 19.8. The molecule has 1 atom stereocenters. The van der Waals surface area contributed by atoms with Crippen LogP contribution in [0.4, 0.5) is 4.39 Å². The zero-order valence-corrected chi connectivity index (χ0v) is 15.9. The fourth-order valence-electron chi connectivity index (χ4n) is 3.31. The van der Waals surface area contributed by atoms with Crippen LogP contribution in [0.15, 0.2) is 66.3 Å². The van der Waals surface area contributed by atoms with Crippen LogP contribution in [0.25, 0.3) is 6.08 Å². The molecular formula is C22H19FN2O2S. The Kier molecular flexibility index (Phi) is 5.48. The fraction of sp³-hybridized carbons (Fsp3) is 0.182. The van der Waals surface area contributed by atoms with Crippen LogP contribution in [0, 0.1) is 5.82 Å². The highest BCUT2D eigenvalue weighted by molar-refractivity contribution is 7.10. The van der Waals surface area contributed by atoms with Crippen molar-refractivity contribution in [1.82, 2.24) is 9.88 Å². The lowest BCUT2D eigenvalue weighted by Crippen LogP contribution is -2.28. The number of benzene rings is 1. The standard InChI is InChI=1S/C22H19FN2O2S/c23-18-14-16(7-9-20(18)27-17-4-1-11-24-15-17)8-10-22(26)25-12-2-5-19(25)21-6-3-13-28-21/h1,3-4,6-11,13-15,19H,2,5,12H2/b10-8+. The van der Waals surface area contributed by atoms with E-state index in [2.05, 4.69) is 11.1 Å². The highest BCUT2D eigenvalue weighted by Gasteiger charge is 2.29. The second-order valence-electron chi connectivity index (χ2n) is 6.52. The number of hydrogen-bond donors (Lipinski definition) is 0. The number of aromatic nitrogens is 1. The maximum absolute atomic E-state index is 14.3. The number of nitrogens with zero attached hydrogens (tertiary/aromatic N) is 2. The van der Waals surface area contributed by atoms with E-state index in [0.29, 0.717) is 11.3 Å². The van der Waals surface area contributed by atoms with E-state index in [9.17, 15) is 9.18 Å². The average Bonchev–Trinajstić information content (AvgIpc) is 3.40. The van der Waals surface area contributed by atoms with Crippen molar-refractivity contribution in [3.8, 4) is 11.5 Å². The number of halogens is 1. The zero-order valence-electron chi connectivity index (χ0n) is 15.1. The maximum Gasteiger partial charge on any atom is 0.247 e. The van der Waals surface area contributed by atoms with Crippen LogP contribution in [0.3, 0.4) is 0 Å². The topological polar surface area (TPSA) is 42.4 Å². The maximum atomic E-state index is 14.3. The van der Waals surface area contributed by atoms with E-state index in [1.807, 2.05) is 16.3 Å². The van der Waals surface area contributed by atoms with Gasteiger partial charge in [0.25, 0.3) is 0 Å². The summed E-state index contributed by atoms with van der Waals surface area (Å²) in [5.74, 6) is 0.0467. The van der Waals surface area contributed by atoms with E-state index >= 15 is 0 Å². The van der Waals surface area contributed by atoms with Gasteiger partial charge in [0.15, 0.2) is 11.6 Å². The van der Waals surface area contributed by atoms with Gasteiger partial charge < -0.3 is 9.64 Å². The minimum Gasteiger partial charge on any atom is -0.453 e. The Balaban J connectivity index is 1.44. The minimum atomic E-state index is -0.490. The number of ether oxygens (including phenoxy) is 1. The molecule has 0 bridgehead atoms. The molecule has 0 radical (unpaired) electrons. The summed E-state index contributed by atoms with van der Waals surface area (Å²) in [6.45, 7) is 0.748. The molecule has 0 aliphatic carbocycles. The molecule has 0 saturated carbocycles. The number of likely N-dealkylation sites (tertiary alicyclic amines) is 1. The summed E-state index contributed by atoms with van der Waals surface area (Å²) in [5.41, 5.74) is 0.608. The van der Waals surface area contributed by atoms with E-state index in [1.54, 1.807) is 47.9 Å². The van der Waals surface area contributed by atoms with Crippen LogP contribution in [-0.2, 0) is 4.79 Å². The lowest BCUT2D eigenvalue weighted by atomic mass is 10.1. The van der Waals surface area contributed by atoms with E-state index < -0.39 is 5.82 Å². The summed E-state index contributed by atoms with van der Waals surface area (Å²) >= 11 is 1.67. The summed E-state index contributed by atoms with van der Waals surface area (Å²) in [6, 6.07) is 12.3. The Morgan fingerprint density at radius 1 is 1.29 bits per heavy atom. The molecule has 142 valence electrons. The van der Waals surface area contributed by atoms with Gasteiger partial charge in [-0.2, -0.15) is 0 Å². The second-order valence-corrected chi connectivity index (χ2v) is 7.50. The minimum absolute atomic E-state index is 0.0491. The van der Waals surface area contributed by atoms with Gasteiger partial charge in [0.1, 0.15) is 5.75 Å². The van der Waals surface area contributed by atoms with Gasteiger partial charge in [-0.15, -0.1) is 11.3 Å². The number of carbonyl (C=O) groups is 1. The Bertz CT molecular complexity index is 973. The number of pyridine rings is 1. The first-order valence-electron chi connectivity index (χ1n) is 9.10. The molecule has 28 heavy (non-hydrogen) atoms. The Hall–Kier alpha value is -2.99. The predicted octanol–water partition coefficient (Wildman–Crippen LogP) is 5.45. The SMILES string of the molecule is O=C(/C=C/c1ccc(Oc2cccnc2)c(F)c1)N1CCCC1c1cccs1. The molecule has 1 saturated heterocycles. The third-order valence-corrected chi connectivity index (χ3v) is 5.62. The Labute approximate surface area is 166 Å². The smallest absolute Gasteiger partial charge is 0.247 e. The third-order valence-electron chi connectivity index (χ3n) is 4.64. The average molecular weight is 394 g/mol. The van der Waals surface area contributed by atoms with Crippen molar-refractivity contribution in [3.05, 3.63) is 82.6 Å². The molecule has 2 aromatic heterocycles. The fourth-order valence-corrected chi connectivity index (χ4v) is 4.18. The predicted molar refractivity (Wildman–Crippen MR) is 108 cm³/mol. The van der Waals surface area contributed by atoms with Crippen LogP contribution in [-0.4, -0.2) is 22.3 Å². The van der Waals surface area contributed by atoms with Crippen LogP contribution < -0.4 is 4.74 Å². The molecule has 3 aromatic rings. The van der Waals surface area contributed by atoms with E-state index in [4.69, 9.17) is 4.74 Å². The summed E-state index contributed by atoms with van der Waals surface area (Å²) in [7, 11) is 0. The van der Waals surface area contributed by atoms with Gasteiger partial charge in [-0.25, -0.2) is 4.39 Å². The van der Waals surface area contributed by atoms with Gasteiger partial charge in [-0.3, -0.25) is 9.78 Å². The Morgan fingerprint density at radius 2 is 2.21 bits per heavy atom. The number of thiophene rings is 1. The summed E-state index contributed by atoms with van der Waals surface area (Å²) in [4.78, 5) is 19.7. The largest absolute Gasteiger partial charge is 0.453 e. The molecule has 4 nitrogen and oxygen atoms in total. The molecule has 1 amide bonds. The van der Waals surface area contributed by atoms with Gasteiger partial charge in [0.05, 0.1) is 12.2 Å². The second kappa shape index (κ2) is 8.35. The first-order valence-corrected chi connectivity index (χ1v) is 9.98. The number of rotatable bonds is 5. The number of hydrogen-bond acceptors (Lipinski definition) is 4. The first kappa shape index (κ1) is 18.4. The van der Waals surface area contributed by atoms with Crippen molar-refractivity contribution in [3.63, 3.8) is 0 Å².